The molecule has 3 rings (SSSR count). The lowest BCUT2D eigenvalue weighted by Gasteiger charge is -2.13. The van der Waals surface area contributed by atoms with Crippen LogP contribution in [0.4, 0.5) is 4.79 Å². The number of amides is 1. The average Bonchev–Trinajstić information content (AvgIpc) is 2.61. The Kier molecular flexibility index (Phi) is 1.29. The predicted octanol–water partition coefficient (Wildman–Crippen LogP) is 1.74. The molecule has 72 valence electrons. The van der Waals surface area contributed by atoms with E-state index in [1.165, 1.54) is 5.56 Å². The van der Waals surface area contributed by atoms with Gasteiger partial charge in [0, 0.05) is 0 Å². The normalized spacial score (nSPS) is 33.9. The minimum Gasteiger partial charge on any atom is -0.447 e. The van der Waals surface area contributed by atoms with Crippen LogP contribution >= 0.6 is 0 Å². The van der Waals surface area contributed by atoms with Crippen molar-refractivity contribution in [1.29, 1.82) is 0 Å². The van der Waals surface area contributed by atoms with E-state index in [0.717, 1.165) is 0 Å². The Morgan fingerprint density at radius 3 is 2.71 bits per heavy atom. The maximum absolute atomic E-state index is 11.3. The van der Waals surface area contributed by atoms with E-state index in [9.17, 15) is 4.79 Å². The number of hydrogen-bond acceptors (Lipinski definition) is 2. The summed E-state index contributed by atoms with van der Waals surface area (Å²) >= 11 is 0. The number of benzene rings is 1. The van der Waals surface area contributed by atoms with Gasteiger partial charge in [0.15, 0.2) is 0 Å². The quantitative estimate of drug-likeness (QED) is 0.630. The Labute approximate surface area is 82.3 Å². The summed E-state index contributed by atoms with van der Waals surface area (Å²) in [6, 6.07) is 10.4. The van der Waals surface area contributed by atoms with E-state index in [1.807, 2.05) is 23.1 Å². The lowest BCUT2D eigenvalue weighted by molar-refractivity contribution is 0.147. The number of nitrogens with zero attached hydrogens (tertiary/aromatic N) is 1. The number of ether oxygens (including phenoxy) is 1. The second-order valence-electron chi connectivity index (χ2n) is 3.98. The lowest BCUT2D eigenvalue weighted by Crippen LogP contribution is -2.21. The first kappa shape index (κ1) is 7.85. The van der Waals surface area contributed by atoms with Crippen molar-refractivity contribution in [3.63, 3.8) is 0 Å². The molecule has 0 aliphatic carbocycles. The van der Waals surface area contributed by atoms with Crippen LogP contribution in [0.1, 0.15) is 12.5 Å². The summed E-state index contributed by atoms with van der Waals surface area (Å²) in [7, 11) is 0. The second-order valence-corrected chi connectivity index (χ2v) is 3.98. The third-order valence-electron chi connectivity index (χ3n) is 3.31. The highest BCUT2D eigenvalue weighted by Gasteiger charge is 2.67. The summed E-state index contributed by atoms with van der Waals surface area (Å²) in [6.07, 6.45) is -0.179. The van der Waals surface area contributed by atoms with Gasteiger partial charge in [0.1, 0.15) is 6.61 Å². The van der Waals surface area contributed by atoms with Gasteiger partial charge in [0.2, 0.25) is 0 Å². The maximum Gasteiger partial charge on any atom is 0.411 e. The fourth-order valence-electron chi connectivity index (χ4n) is 2.34. The fraction of sp³-hybridized carbons (Fsp3) is 0.364. The number of hydrogen-bond donors (Lipinski definition) is 0. The molecule has 2 fully saturated rings. The minimum atomic E-state index is -0.179. The number of cyclic esters (lactones) is 1. The number of carbonyl (C=O) groups excluding carboxylic acids is 1. The highest BCUT2D eigenvalue weighted by Crippen LogP contribution is 2.52. The van der Waals surface area contributed by atoms with E-state index in [2.05, 4.69) is 19.1 Å². The molecular weight excluding hydrogens is 178 g/mol. The van der Waals surface area contributed by atoms with Crippen molar-refractivity contribution in [2.45, 2.75) is 18.5 Å². The van der Waals surface area contributed by atoms with E-state index in [-0.39, 0.29) is 17.7 Å². The third kappa shape index (κ3) is 0.750. The smallest absolute Gasteiger partial charge is 0.411 e. The molecule has 2 heterocycles. The summed E-state index contributed by atoms with van der Waals surface area (Å²) in [5, 5.41) is 0. The summed E-state index contributed by atoms with van der Waals surface area (Å²) in [6.45, 7) is 2.62. The number of carbonyl (C=O) groups is 1. The van der Waals surface area contributed by atoms with E-state index < -0.39 is 0 Å². The first-order valence-electron chi connectivity index (χ1n) is 4.76. The molecule has 0 unspecified atom stereocenters. The Bertz CT molecular complexity index is 390. The van der Waals surface area contributed by atoms with Gasteiger partial charge in [-0.2, -0.15) is 0 Å². The molecule has 2 atom stereocenters. The van der Waals surface area contributed by atoms with Gasteiger partial charge in [0.05, 0.1) is 11.6 Å². The van der Waals surface area contributed by atoms with Gasteiger partial charge in [-0.25, -0.2) is 4.79 Å². The Balaban J connectivity index is 1.99. The summed E-state index contributed by atoms with van der Waals surface area (Å²) in [5.41, 5.74) is 1.08. The van der Waals surface area contributed by atoms with Crippen LogP contribution in [0.3, 0.4) is 0 Å². The molecule has 3 heteroatoms. The van der Waals surface area contributed by atoms with Crippen LogP contribution in [-0.4, -0.2) is 23.6 Å². The topological polar surface area (TPSA) is 29.3 Å². The first-order chi connectivity index (χ1) is 6.74. The molecule has 0 bridgehead atoms. The van der Waals surface area contributed by atoms with Crippen molar-refractivity contribution in [3.8, 4) is 0 Å². The molecule has 0 N–H and O–H groups in total. The van der Waals surface area contributed by atoms with Gasteiger partial charge in [-0.3, -0.25) is 4.90 Å². The zero-order valence-electron chi connectivity index (χ0n) is 7.93. The van der Waals surface area contributed by atoms with Crippen molar-refractivity contribution in [2.75, 3.05) is 6.61 Å². The number of fused-ring (bicyclic) bond motifs is 1. The van der Waals surface area contributed by atoms with Crippen LogP contribution in [0, 0.1) is 0 Å². The van der Waals surface area contributed by atoms with Gasteiger partial charge in [0.25, 0.3) is 0 Å². The summed E-state index contributed by atoms with van der Waals surface area (Å²) in [5.74, 6) is 0. The maximum atomic E-state index is 11.3. The molecule has 2 saturated heterocycles. The van der Waals surface area contributed by atoms with Gasteiger partial charge >= 0.3 is 6.09 Å². The van der Waals surface area contributed by atoms with Crippen LogP contribution < -0.4 is 0 Å². The lowest BCUT2D eigenvalue weighted by atomic mass is 9.97. The molecule has 0 radical (unpaired) electrons. The van der Waals surface area contributed by atoms with Crippen molar-refractivity contribution < 1.29 is 9.53 Å². The van der Waals surface area contributed by atoms with Gasteiger partial charge < -0.3 is 4.74 Å². The zero-order chi connectivity index (χ0) is 9.76. The minimum absolute atomic E-state index is 0.114. The second kappa shape index (κ2) is 2.29. The number of rotatable bonds is 1. The molecule has 3 nitrogen and oxygen atoms in total. The van der Waals surface area contributed by atoms with E-state index in [0.29, 0.717) is 6.61 Å². The SMILES string of the molecule is C[C@@]1(c2ccccc2)[C@H]2COC(=O)N21. The van der Waals surface area contributed by atoms with E-state index in [4.69, 9.17) is 4.74 Å². The van der Waals surface area contributed by atoms with Crippen molar-refractivity contribution >= 4 is 6.09 Å². The molecule has 1 aromatic rings. The molecule has 0 spiro atoms. The van der Waals surface area contributed by atoms with Gasteiger partial charge in [-0.05, 0) is 12.5 Å². The molecule has 1 amide bonds. The van der Waals surface area contributed by atoms with Gasteiger partial charge in [-0.15, -0.1) is 0 Å². The third-order valence-corrected chi connectivity index (χ3v) is 3.31. The van der Waals surface area contributed by atoms with E-state index >= 15 is 0 Å². The molecule has 2 aliphatic rings. The largest absolute Gasteiger partial charge is 0.447 e. The van der Waals surface area contributed by atoms with Crippen molar-refractivity contribution in [2.24, 2.45) is 0 Å². The Morgan fingerprint density at radius 2 is 2.14 bits per heavy atom. The molecule has 14 heavy (non-hydrogen) atoms. The molecule has 2 aliphatic heterocycles. The zero-order valence-corrected chi connectivity index (χ0v) is 7.93. The van der Waals surface area contributed by atoms with Gasteiger partial charge in [-0.1, -0.05) is 30.3 Å². The van der Waals surface area contributed by atoms with E-state index in [1.54, 1.807) is 0 Å². The van der Waals surface area contributed by atoms with Crippen LogP contribution in [0.15, 0.2) is 30.3 Å². The van der Waals surface area contributed by atoms with Crippen LogP contribution in [0.5, 0.6) is 0 Å². The molecule has 0 saturated carbocycles. The molecular formula is C11H11NO2. The van der Waals surface area contributed by atoms with Crippen molar-refractivity contribution in [3.05, 3.63) is 35.9 Å². The summed E-state index contributed by atoms with van der Waals surface area (Å²) < 4.78 is 4.92. The highest BCUT2D eigenvalue weighted by atomic mass is 16.6. The van der Waals surface area contributed by atoms with Crippen LogP contribution in [0.25, 0.3) is 0 Å². The highest BCUT2D eigenvalue weighted by molar-refractivity contribution is 5.77. The standard InChI is InChI=1S/C11H11NO2/c1-11(8-5-3-2-4-6-8)9-7-14-10(13)12(9)11/h2-6,9H,7H2,1H3/t9-,11-,12?/m1/s1. The molecule has 0 aromatic heterocycles. The Morgan fingerprint density at radius 1 is 1.43 bits per heavy atom. The average molecular weight is 189 g/mol. The van der Waals surface area contributed by atoms with Crippen LogP contribution in [-0.2, 0) is 10.3 Å². The van der Waals surface area contributed by atoms with Crippen molar-refractivity contribution in [1.82, 2.24) is 4.90 Å². The molecule has 1 aromatic carbocycles. The fourth-order valence-corrected chi connectivity index (χ4v) is 2.34. The first-order valence-corrected chi connectivity index (χ1v) is 4.76. The monoisotopic (exact) mass is 189 g/mol. The van der Waals surface area contributed by atoms with Crippen LogP contribution in [0.2, 0.25) is 0 Å². The predicted molar refractivity (Wildman–Crippen MR) is 50.8 cm³/mol. The Hall–Kier alpha value is -1.51. The summed E-state index contributed by atoms with van der Waals surface area (Å²) in [4.78, 5) is 13.1.